The lowest BCUT2D eigenvalue weighted by Gasteiger charge is -2.07. The number of pyridine rings is 1. The van der Waals surface area contributed by atoms with Gasteiger partial charge in [-0.25, -0.2) is 4.57 Å². The van der Waals surface area contributed by atoms with E-state index in [-0.39, 0.29) is 16.5 Å². The number of carbonyl (C=O) groups excluding carboxylic acids is 1. The summed E-state index contributed by atoms with van der Waals surface area (Å²) >= 11 is 0. The molecule has 0 spiro atoms. The van der Waals surface area contributed by atoms with Crippen LogP contribution in [-0.2, 0) is 13.0 Å². The Morgan fingerprint density at radius 1 is 1.00 bits per heavy atom. The fraction of sp³-hybridized carbons (Fsp3) is 0.154. The van der Waals surface area contributed by atoms with E-state index in [4.69, 9.17) is 4.74 Å². The molecule has 0 aliphatic carbocycles. The van der Waals surface area contributed by atoms with Crippen molar-refractivity contribution in [1.29, 1.82) is 0 Å². The van der Waals surface area contributed by atoms with Crippen LogP contribution in [-0.4, -0.2) is 24.5 Å². The number of para-hydroxylation sites is 1. The quantitative estimate of drug-likeness (QED) is 0.253. The molecule has 7 nitrogen and oxygen atoms in total. The maximum absolute atomic E-state index is 12.6. The molecule has 1 heterocycles. The molecule has 0 saturated heterocycles. The van der Waals surface area contributed by atoms with Gasteiger partial charge in [0.05, 0.1) is 17.6 Å². The molecule has 0 fully saturated rings. The van der Waals surface area contributed by atoms with E-state index in [2.05, 4.69) is 5.32 Å². The highest BCUT2D eigenvalue weighted by Gasteiger charge is 2.16. The van der Waals surface area contributed by atoms with E-state index in [0.717, 1.165) is 22.1 Å². The lowest BCUT2D eigenvalue weighted by Crippen LogP contribution is -2.33. The molecule has 3 aromatic carbocycles. The number of ether oxygens (including phenoxy) is 1. The number of hydrogen-bond donors (Lipinski definition) is 1. The Labute approximate surface area is 191 Å². The van der Waals surface area contributed by atoms with Crippen molar-refractivity contribution in [1.82, 2.24) is 5.32 Å². The lowest BCUT2D eigenvalue weighted by atomic mass is 10.1. The maximum atomic E-state index is 12.6. The number of amides is 1. The van der Waals surface area contributed by atoms with E-state index in [1.54, 1.807) is 25.3 Å². The first-order valence-corrected chi connectivity index (χ1v) is 10.6. The van der Waals surface area contributed by atoms with E-state index in [1.165, 1.54) is 6.07 Å². The average molecular weight is 442 g/mol. The van der Waals surface area contributed by atoms with Crippen molar-refractivity contribution in [2.45, 2.75) is 13.0 Å². The molecule has 0 atom stereocenters. The molecule has 0 aliphatic heterocycles. The highest BCUT2D eigenvalue weighted by atomic mass is 16.6. The summed E-state index contributed by atoms with van der Waals surface area (Å²) in [5.41, 5.74) is 2.45. The first-order valence-electron chi connectivity index (χ1n) is 10.6. The lowest BCUT2D eigenvalue weighted by molar-refractivity contribution is -0.688. The predicted molar refractivity (Wildman–Crippen MR) is 125 cm³/mol. The number of fused-ring (bicyclic) bond motifs is 1. The summed E-state index contributed by atoms with van der Waals surface area (Å²) in [6, 6.07) is 22.0. The standard InChI is InChI=1S/C26H23N3O4/c1-33-24-9-8-20-16-22(7-6-21(20)17-24)26(30)27-13-10-19-11-14-28(15-12-19)18-23-4-2-3-5-25(23)29(31)32/h2-9,11-12,14-17H,10,13,18H2,1H3/p+1. The second-order valence-electron chi connectivity index (χ2n) is 7.70. The van der Waals surface area contributed by atoms with Crippen LogP contribution in [0.3, 0.4) is 0 Å². The molecule has 7 heteroatoms. The van der Waals surface area contributed by atoms with Gasteiger partial charge in [-0.1, -0.05) is 24.3 Å². The molecule has 0 radical (unpaired) electrons. The van der Waals surface area contributed by atoms with Gasteiger partial charge in [-0.05, 0) is 53.1 Å². The van der Waals surface area contributed by atoms with Crippen LogP contribution in [0.4, 0.5) is 5.69 Å². The van der Waals surface area contributed by atoms with Crippen LogP contribution in [0.2, 0.25) is 0 Å². The van der Waals surface area contributed by atoms with Crippen molar-refractivity contribution >= 4 is 22.4 Å². The van der Waals surface area contributed by atoms with Crippen LogP contribution in [0.1, 0.15) is 21.5 Å². The number of methoxy groups -OCH3 is 1. The van der Waals surface area contributed by atoms with E-state index in [1.807, 2.05) is 65.5 Å². The van der Waals surface area contributed by atoms with E-state index >= 15 is 0 Å². The van der Waals surface area contributed by atoms with Crippen LogP contribution in [0, 0.1) is 10.1 Å². The Kier molecular flexibility index (Phi) is 6.59. The van der Waals surface area contributed by atoms with Crippen molar-refractivity contribution in [3.63, 3.8) is 0 Å². The minimum Gasteiger partial charge on any atom is -0.497 e. The van der Waals surface area contributed by atoms with Crippen LogP contribution >= 0.6 is 0 Å². The van der Waals surface area contributed by atoms with Crippen molar-refractivity contribution in [3.05, 3.63) is 112 Å². The van der Waals surface area contributed by atoms with Gasteiger partial charge in [0.25, 0.3) is 11.6 Å². The Hall–Kier alpha value is -4.26. The number of aromatic nitrogens is 1. The number of nitrogens with one attached hydrogen (secondary N) is 1. The monoisotopic (exact) mass is 442 g/mol. The third-order valence-corrected chi connectivity index (χ3v) is 5.51. The first-order chi connectivity index (χ1) is 16.0. The molecular formula is C26H24N3O4+. The fourth-order valence-electron chi connectivity index (χ4n) is 3.69. The summed E-state index contributed by atoms with van der Waals surface area (Å²) in [4.78, 5) is 23.4. The van der Waals surface area contributed by atoms with Gasteiger partial charge in [0.1, 0.15) is 5.75 Å². The smallest absolute Gasteiger partial charge is 0.278 e. The van der Waals surface area contributed by atoms with E-state index in [9.17, 15) is 14.9 Å². The summed E-state index contributed by atoms with van der Waals surface area (Å²) < 4.78 is 7.14. The zero-order chi connectivity index (χ0) is 23.2. The number of rotatable bonds is 8. The second-order valence-corrected chi connectivity index (χ2v) is 7.70. The Balaban J connectivity index is 1.33. The average Bonchev–Trinajstić information content (AvgIpc) is 2.84. The van der Waals surface area contributed by atoms with Crippen LogP contribution in [0.15, 0.2) is 85.2 Å². The van der Waals surface area contributed by atoms with Gasteiger partial charge in [-0.2, -0.15) is 0 Å². The number of nitrogens with zero attached hydrogens (tertiary/aromatic N) is 2. The highest BCUT2D eigenvalue weighted by molar-refractivity contribution is 5.98. The van der Waals surface area contributed by atoms with Crippen LogP contribution in [0.5, 0.6) is 5.75 Å². The van der Waals surface area contributed by atoms with Gasteiger partial charge < -0.3 is 10.1 Å². The number of carbonyl (C=O) groups is 1. The minimum atomic E-state index is -0.362. The van der Waals surface area contributed by atoms with E-state index < -0.39 is 0 Å². The molecule has 0 aliphatic rings. The molecule has 166 valence electrons. The maximum Gasteiger partial charge on any atom is 0.278 e. The van der Waals surface area contributed by atoms with E-state index in [0.29, 0.717) is 30.6 Å². The third-order valence-electron chi connectivity index (χ3n) is 5.51. The molecule has 0 unspecified atom stereocenters. The molecule has 4 aromatic rings. The van der Waals surface area contributed by atoms with Gasteiger partial charge in [0.2, 0.25) is 0 Å². The third kappa shape index (κ3) is 5.33. The molecule has 33 heavy (non-hydrogen) atoms. The molecule has 0 saturated carbocycles. The topological polar surface area (TPSA) is 85.3 Å². The largest absolute Gasteiger partial charge is 0.497 e. The van der Waals surface area contributed by atoms with Crippen molar-refractivity contribution in [2.24, 2.45) is 0 Å². The normalized spacial score (nSPS) is 10.7. The SMILES string of the molecule is COc1ccc2cc(C(=O)NCCc3cc[n+](Cc4ccccc4[N+](=O)[O-])cc3)ccc2c1. The first kappa shape index (κ1) is 22.0. The summed E-state index contributed by atoms with van der Waals surface area (Å²) in [5, 5.41) is 16.2. The number of benzene rings is 3. The molecule has 1 amide bonds. The summed E-state index contributed by atoms with van der Waals surface area (Å²) in [5.74, 6) is 0.668. The summed E-state index contributed by atoms with van der Waals surface area (Å²) in [6.45, 7) is 0.926. The molecule has 0 bridgehead atoms. The van der Waals surface area contributed by atoms with Crippen molar-refractivity contribution in [3.8, 4) is 5.75 Å². The molecular weight excluding hydrogens is 418 g/mol. The van der Waals surface area contributed by atoms with Gasteiger partial charge in [0, 0.05) is 30.3 Å². The van der Waals surface area contributed by atoms with Gasteiger partial charge in [0.15, 0.2) is 18.9 Å². The van der Waals surface area contributed by atoms with Gasteiger partial charge in [-0.15, -0.1) is 0 Å². The van der Waals surface area contributed by atoms with Crippen molar-refractivity contribution < 1.29 is 19.0 Å². The van der Waals surface area contributed by atoms with Crippen LogP contribution in [0.25, 0.3) is 10.8 Å². The highest BCUT2D eigenvalue weighted by Crippen LogP contribution is 2.22. The molecule has 1 aromatic heterocycles. The number of hydrogen-bond acceptors (Lipinski definition) is 4. The summed E-state index contributed by atoms with van der Waals surface area (Å²) in [7, 11) is 1.63. The van der Waals surface area contributed by atoms with Crippen molar-refractivity contribution in [2.75, 3.05) is 13.7 Å². The summed E-state index contributed by atoms with van der Waals surface area (Å²) in [6.07, 6.45) is 4.47. The Morgan fingerprint density at radius 2 is 1.73 bits per heavy atom. The second kappa shape index (κ2) is 9.91. The Bertz CT molecular complexity index is 1300. The number of nitro groups is 1. The molecule has 1 N–H and O–H groups in total. The fourth-order valence-corrected chi connectivity index (χ4v) is 3.69. The van der Waals surface area contributed by atoms with Gasteiger partial charge in [-0.3, -0.25) is 14.9 Å². The molecule has 4 rings (SSSR count). The zero-order valence-corrected chi connectivity index (χ0v) is 18.2. The van der Waals surface area contributed by atoms with Gasteiger partial charge >= 0.3 is 0 Å². The zero-order valence-electron chi connectivity index (χ0n) is 18.2. The predicted octanol–water partition coefficient (Wildman–Crippen LogP) is 4.06. The minimum absolute atomic E-state index is 0.115. The Morgan fingerprint density at radius 3 is 2.48 bits per heavy atom. The number of nitro benzene ring substituents is 1. The van der Waals surface area contributed by atoms with Crippen LogP contribution < -0.4 is 14.6 Å².